The van der Waals surface area contributed by atoms with Crippen LogP contribution in [0.5, 0.6) is 0 Å². The minimum atomic E-state index is 1.18. The van der Waals surface area contributed by atoms with Gasteiger partial charge in [0.05, 0.1) is 0 Å². The van der Waals surface area contributed by atoms with Gasteiger partial charge in [-0.2, -0.15) is 0 Å². The zero-order chi connectivity index (χ0) is 7.11. The van der Waals surface area contributed by atoms with E-state index in [1.54, 1.807) is 10.8 Å². The van der Waals surface area contributed by atoms with Gasteiger partial charge in [0, 0.05) is 5.75 Å². The van der Waals surface area contributed by atoms with E-state index >= 15 is 0 Å². The van der Waals surface area contributed by atoms with Crippen molar-refractivity contribution in [1.82, 2.24) is 0 Å². The topological polar surface area (TPSA) is 0 Å². The molecule has 0 saturated carbocycles. The van der Waals surface area contributed by atoms with Crippen LogP contribution < -0.4 is 0 Å². The lowest BCUT2D eigenvalue weighted by Gasteiger charge is -1.95. The summed E-state index contributed by atoms with van der Waals surface area (Å²) in [5.74, 6) is 1.24. The minimum absolute atomic E-state index is 1.18. The third kappa shape index (κ3) is 8.79. The second-order valence-corrected chi connectivity index (χ2v) is 6.16. The van der Waals surface area contributed by atoms with Gasteiger partial charge in [0.1, 0.15) is 0 Å². The third-order valence-corrected chi connectivity index (χ3v) is 4.86. The maximum absolute atomic E-state index is 3.78. The smallest absolute Gasteiger partial charge is 0.00426 e. The van der Waals surface area contributed by atoms with Crippen LogP contribution in [0.4, 0.5) is 0 Å². The second-order valence-electron chi connectivity index (χ2n) is 1.68. The Morgan fingerprint density at radius 3 is 2.67 bits per heavy atom. The van der Waals surface area contributed by atoms with Gasteiger partial charge in [0.2, 0.25) is 0 Å². The Kier molecular flexibility index (Phi) is 7.51. The van der Waals surface area contributed by atoms with Gasteiger partial charge in [-0.15, -0.1) is 0 Å². The Balaban J connectivity index is 2.83. The molecule has 0 rings (SSSR count). The van der Waals surface area contributed by atoms with Crippen LogP contribution in [-0.4, -0.2) is 5.75 Å². The van der Waals surface area contributed by atoms with Crippen LogP contribution in [0.25, 0.3) is 0 Å². The van der Waals surface area contributed by atoms with E-state index in [0.29, 0.717) is 0 Å². The molecular weight excluding hydrogens is 168 g/mol. The Morgan fingerprint density at radius 2 is 2.22 bits per heavy atom. The van der Waals surface area contributed by atoms with Crippen LogP contribution >= 0.6 is 31.4 Å². The first kappa shape index (κ1) is 9.79. The summed E-state index contributed by atoms with van der Waals surface area (Å²) >= 11 is 0. The van der Waals surface area contributed by atoms with Gasteiger partial charge in [0.25, 0.3) is 0 Å². The molecule has 0 aromatic carbocycles. The Hall–Kier alpha value is 0.790. The van der Waals surface area contributed by atoms with E-state index in [0.717, 1.165) is 0 Å². The number of hydrogen-bond donors (Lipinski definition) is 0. The first-order valence-electron chi connectivity index (χ1n) is 2.89. The summed E-state index contributed by atoms with van der Waals surface area (Å²) < 4.78 is 0. The molecule has 0 aliphatic heterocycles. The Bertz CT molecular complexity index is 80.4. The van der Waals surface area contributed by atoms with Gasteiger partial charge < -0.3 is 0 Å². The van der Waals surface area contributed by atoms with Crippen molar-refractivity contribution in [3.8, 4) is 0 Å². The Morgan fingerprint density at radius 1 is 1.56 bits per heavy atom. The molecule has 0 heterocycles. The van der Waals surface area contributed by atoms with Crippen molar-refractivity contribution in [3.63, 3.8) is 0 Å². The largest absolute Gasteiger partial charge is 0.0889 e. The molecule has 0 spiro atoms. The number of rotatable bonds is 5. The van der Waals surface area contributed by atoms with Crippen molar-refractivity contribution >= 4 is 31.4 Å². The lowest BCUT2D eigenvalue weighted by molar-refractivity contribution is 1.11. The van der Waals surface area contributed by atoms with Crippen LogP contribution in [0.2, 0.25) is 0 Å². The normalized spacial score (nSPS) is 9.56. The second kappa shape index (κ2) is 6.90. The third-order valence-electron chi connectivity index (χ3n) is 0.512. The summed E-state index contributed by atoms with van der Waals surface area (Å²) in [4.78, 5) is 1.18. The molecule has 3 heteroatoms. The molecule has 0 bridgehead atoms. The average Bonchev–Trinajstić information content (AvgIpc) is 1.80. The molecule has 54 valence electrons. The van der Waals surface area contributed by atoms with E-state index < -0.39 is 0 Å². The first-order valence-corrected chi connectivity index (χ1v) is 6.54. The van der Waals surface area contributed by atoms with Gasteiger partial charge in [-0.1, -0.05) is 35.1 Å². The molecule has 0 radical (unpaired) electrons. The van der Waals surface area contributed by atoms with Crippen LogP contribution in [0.15, 0.2) is 11.5 Å². The number of allylic oxidation sites excluding steroid dienone is 1. The fourth-order valence-electron chi connectivity index (χ4n) is 0.199. The molecule has 0 aromatic heterocycles. The fraction of sp³-hybridized carbons (Fsp3) is 0.667. The van der Waals surface area contributed by atoms with Crippen molar-refractivity contribution in [3.05, 3.63) is 11.5 Å². The summed E-state index contributed by atoms with van der Waals surface area (Å²) in [6.45, 7) is 8.01. The highest BCUT2D eigenvalue weighted by atomic mass is 33.5. The molecule has 0 aliphatic carbocycles. The van der Waals surface area contributed by atoms with Crippen molar-refractivity contribution in [2.75, 3.05) is 5.75 Å². The molecule has 0 unspecified atom stereocenters. The van der Waals surface area contributed by atoms with E-state index in [9.17, 15) is 0 Å². The maximum atomic E-state index is 3.78. The maximum Gasteiger partial charge on any atom is 0.00426 e. The first-order chi connectivity index (χ1) is 4.27. The molecule has 0 amide bonds. The highest BCUT2D eigenvalue weighted by Crippen LogP contribution is 2.38. The minimum Gasteiger partial charge on any atom is -0.0889 e. The van der Waals surface area contributed by atoms with Gasteiger partial charge in [0.15, 0.2) is 0 Å². The molecule has 0 aromatic rings. The van der Waals surface area contributed by atoms with Crippen LogP contribution in [-0.2, 0) is 0 Å². The lowest BCUT2D eigenvalue weighted by atomic mass is 10.6. The standard InChI is InChI=1S/C6H12S3/c1-4-5-7-9-8-6(2)3/h2,4-5H2,1,3H3. The van der Waals surface area contributed by atoms with Crippen LogP contribution in [0, 0.1) is 0 Å². The summed E-state index contributed by atoms with van der Waals surface area (Å²) in [6.07, 6.45) is 1.26. The van der Waals surface area contributed by atoms with Crippen molar-refractivity contribution < 1.29 is 0 Å². The molecule has 0 N–H and O–H groups in total. The lowest BCUT2D eigenvalue weighted by Crippen LogP contribution is -1.64. The highest BCUT2D eigenvalue weighted by Gasteiger charge is 1.88. The van der Waals surface area contributed by atoms with Crippen LogP contribution in [0.3, 0.4) is 0 Å². The zero-order valence-corrected chi connectivity index (χ0v) is 8.30. The van der Waals surface area contributed by atoms with Gasteiger partial charge >= 0.3 is 0 Å². The molecule has 0 aliphatic rings. The van der Waals surface area contributed by atoms with E-state index in [1.807, 2.05) is 27.5 Å². The van der Waals surface area contributed by atoms with Crippen molar-refractivity contribution in [1.29, 1.82) is 0 Å². The molecule has 0 nitrogen and oxygen atoms in total. The molecular formula is C6H12S3. The van der Waals surface area contributed by atoms with Crippen molar-refractivity contribution in [2.24, 2.45) is 0 Å². The molecule has 0 saturated heterocycles. The average molecular weight is 180 g/mol. The predicted molar refractivity (Wildman–Crippen MR) is 52.7 cm³/mol. The summed E-state index contributed by atoms with van der Waals surface area (Å²) in [7, 11) is 5.48. The zero-order valence-electron chi connectivity index (χ0n) is 5.85. The molecule has 0 fully saturated rings. The van der Waals surface area contributed by atoms with E-state index in [4.69, 9.17) is 0 Å². The summed E-state index contributed by atoms with van der Waals surface area (Å²) in [5.41, 5.74) is 0. The molecule has 0 atom stereocenters. The van der Waals surface area contributed by atoms with Crippen molar-refractivity contribution in [2.45, 2.75) is 20.3 Å². The quantitative estimate of drug-likeness (QED) is 0.464. The Labute approximate surface area is 69.0 Å². The van der Waals surface area contributed by atoms with Gasteiger partial charge in [-0.3, -0.25) is 0 Å². The SMILES string of the molecule is C=C(C)SSSCCC. The highest BCUT2D eigenvalue weighted by molar-refractivity contribution is 9.10. The summed E-state index contributed by atoms with van der Waals surface area (Å²) in [5, 5.41) is 0. The van der Waals surface area contributed by atoms with E-state index in [1.165, 1.54) is 17.1 Å². The molecule has 9 heavy (non-hydrogen) atoms. The predicted octanol–water partition coefficient (Wildman–Crippen LogP) is 3.96. The summed E-state index contributed by atoms with van der Waals surface area (Å²) in [6, 6.07) is 0. The van der Waals surface area contributed by atoms with E-state index in [-0.39, 0.29) is 0 Å². The van der Waals surface area contributed by atoms with Gasteiger partial charge in [-0.25, -0.2) is 0 Å². The van der Waals surface area contributed by atoms with Gasteiger partial charge in [-0.05, 0) is 28.1 Å². The number of hydrogen-bond acceptors (Lipinski definition) is 3. The van der Waals surface area contributed by atoms with Crippen LogP contribution in [0.1, 0.15) is 20.3 Å². The van der Waals surface area contributed by atoms with E-state index in [2.05, 4.69) is 13.5 Å². The fourth-order valence-corrected chi connectivity index (χ4v) is 3.89. The monoisotopic (exact) mass is 180 g/mol.